The molecule has 3 heterocycles. The maximum Gasteiger partial charge on any atom is 0.188 e. The van der Waals surface area contributed by atoms with E-state index >= 15 is 0 Å². The first-order valence-electron chi connectivity index (χ1n) is 4.14. The quantitative estimate of drug-likeness (QED) is 0.576. The SMILES string of the molecule is c1coc(-c2ccnn3cnnc23)c1. The van der Waals surface area contributed by atoms with E-state index in [1.165, 1.54) is 0 Å². The van der Waals surface area contributed by atoms with E-state index in [0.717, 1.165) is 11.3 Å². The van der Waals surface area contributed by atoms with Crippen LogP contribution in [0.2, 0.25) is 0 Å². The Hall–Kier alpha value is -2.17. The smallest absolute Gasteiger partial charge is 0.188 e. The first kappa shape index (κ1) is 7.25. The Morgan fingerprint density at radius 2 is 2.29 bits per heavy atom. The van der Waals surface area contributed by atoms with Gasteiger partial charge in [0.25, 0.3) is 0 Å². The fourth-order valence-corrected chi connectivity index (χ4v) is 1.37. The van der Waals surface area contributed by atoms with Crippen LogP contribution in [0.15, 0.2) is 41.4 Å². The second kappa shape index (κ2) is 2.66. The lowest BCUT2D eigenvalue weighted by Crippen LogP contribution is -1.90. The van der Waals surface area contributed by atoms with Gasteiger partial charge in [-0.3, -0.25) is 0 Å². The normalized spacial score (nSPS) is 10.9. The molecule has 5 nitrogen and oxygen atoms in total. The number of aromatic nitrogens is 4. The molecule has 0 atom stereocenters. The van der Waals surface area contributed by atoms with E-state index in [9.17, 15) is 0 Å². The van der Waals surface area contributed by atoms with E-state index < -0.39 is 0 Å². The average molecular weight is 186 g/mol. The summed E-state index contributed by atoms with van der Waals surface area (Å²) >= 11 is 0. The largest absolute Gasteiger partial charge is 0.464 e. The number of hydrogen-bond acceptors (Lipinski definition) is 4. The van der Waals surface area contributed by atoms with Crippen molar-refractivity contribution in [1.29, 1.82) is 0 Å². The Bertz CT molecular complexity index is 555. The van der Waals surface area contributed by atoms with Crippen LogP contribution >= 0.6 is 0 Å². The van der Waals surface area contributed by atoms with E-state index in [2.05, 4.69) is 15.3 Å². The first-order chi connectivity index (χ1) is 6.95. The highest BCUT2D eigenvalue weighted by Crippen LogP contribution is 2.22. The minimum absolute atomic E-state index is 0.697. The molecule has 3 aromatic rings. The van der Waals surface area contributed by atoms with Crippen LogP contribution in [0.25, 0.3) is 17.0 Å². The molecule has 14 heavy (non-hydrogen) atoms. The van der Waals surface area contributed by atoms with Crippen molar-refractivity contribution < 1.29 is 4.42 Å². The molecule has 5 heteroatoms. The van der Waals surface area contributed by atoms with Crippen molar-refractivity contribution in [1.82, 2.24) is 19.8 Å². The van der Waals surface area contributed by atoms with E-state index in [-0.39, 0.29) is 0 Å². The van der Waals surface area contributed by atoms with Gasteiger partial charge in [-0.25, -0.2) is 0 Å². The highest BCUT2D eigenvalue weighted by molar-refractivity contribution is 5.72. The highest BCUT2D eigenvalue weighted by Gasteiger charge is 2.07. The topological polar surface area (TPSA) is 56.2 Å². The first-order valence-corrected chi connectivity index (χ1v) is 4.14. The number of furan rings is 1. The summed E-state index contributed by atoms with van der Waals surface area (Å²) in [7, 11) is 0. The lowest BCUT2D eigenvalue weighted by atomic mass is 10.2. The number of fused-ring (bicyclic) bond motifs is 1. The summed E-state index contributed by atoms with van der Waals surface area (Å²) in [5.74, 6) is 0.769. The third-order valence-corrected chi connectivity index (χ3v) is 1.99. The lowest BCUT2D eigenvalue weighted by molar-refractivity contribution is 0.582. The number of hydrogen-bond donors (Lipinski definition) is 0. The number of nitrogens with zero attached hydrogens (tertiary/aromatic N) is 4. The maximum atomic E-state index is 5.29. The Morgan fingerprint density at radius 1 is 1.29 bits per heavy atom. The Kier molecular flexibility index (Phi) is 1.38. The zero-order valence-electron chi connectivity index (χ0n) is 7.16. The molecule has 0 aromatic carbocycles. The van der Waals surface area contributed by atoms with Crippen molar-refractivity contribution in [2.75, 3.05) is 0 Å². The molecule has 0 aliphatic carbocycles. The van der Waals surface area contributed by atoms with E-state index in [4.69, 9.17) is 4.42 Å². The molecule has 3 rings (SSSR count). The third kappa shape index (κ3) is 0.922. The Morgan fingerprint density at radius 3 is 3.14 bits per heavy atom. The predicted molar refractivity (Wildman–Crippen MR) is 48.5 cm³/mol. The fraction of sp³-hybridized carbons (Fsp3) is 0. The summed E-state index contributed by atoms with van der Waals surface area (Å²) in [4.78, 5) is 0. The van der Waals surface area contributed by atoms with Gasteiger partial charge in [0, 0.05) is 6.20 Å². The molecule has 3 aromatic heterocycles. The molecule has 0 N–H and O–H groups in total. The van der Waals surface area contributed by atoms with Crippen LogP contribution in [0.3, 0.4) is 0 Å². The second-order valence-electron chi connectivity index (χ2n) is 2.82. The van der Waals surface area contributed by atoms with Gasteiger partial charge in [-0.05, 0) is 18.2 Å². The minimum Gasteiger partial charge on any atom is -0.464 e. The summed E-state index contributed by atoms with van der Waals surface area (Å²) in [5.41, 5.74) is 1.59. The van der Waals surface area contributed by atoms with Crippen molar-refractivity contribution in [3.63, 3.8) is 0 Å². The van der Waals surface area contributed by atoms with Crippen LogP contribution < -0.4 is 0 Å². The standard InChI is InChI=1S/C9H6N4O/c1-2-8(14-5-1)7-3-4-11-13-6-10-12-9(7)13/h1-6H. The van der Waals surface area contributed by atoms with Gasteiger partial charge in [0.1, 0.15) is 12.1 Å². The monoisotopic (exact) mass is 186 g/mol. The molecule has 0 unspecified atom stereocenters. The minimum atomic E-state index is 0.697. The van der Waals surface area contributed by atoms with Gasteiger partial charge in [-0.1, -0.05) is 0 Å². The second-order valence-corrected chi connectivity index (χ2v) is 2.82. The molecular formula is C9H6N4O. The highest BCUT2D eigenvalue weighted by atomic mass is 16.3. The van der Waals surface area contributed by atoms with Crippen LogP contribution in [0.4, 0.5) is 0 Å². The van der Waals surface area contributed by atoms with E-state index in [0.29, 0.717) is 5.65 Å². The van der Waals surface area contributed by atoms with Crippen molar-refractivity contribution in [2.45, 2.75) is 0 Å². The van der Waals surface area contributed by atoms with Gasteiger partial charge in [0.2, 0.25) is 0 Å². The van der Waals surface area contributed by atoms with Crippen molar-refractivity contribution in [3.05, 3.63) is 37.0 Å². The molecule has 0 aliphatic rings. The summed E-state index contributed by atoms with van der Waals surface area (Å²) in [5, 5.41) is 11.8. The van der Waals surface area contributed by atoms with Gasteiger partial charge in [-0.15, -0.1) is 10.2 Å². The molecule has 0 bridgehead atoms. The zero-order valence-corrected chi connectivity index (χ0v) is 7.16. The van der Waals surface area contributed by atoms with Crippen LogP contribution in [0.1, 0.15) is 0 Å². The summed E-state index contributed by atoms with van der Waals surface area (Å²) < 4.78 is 6.90. The molecule has 0 saturated carbocycles. The fourth-order valence-electron chi connectivity index (χ4n) is 1.37. The molecule has 0 aliphatic heterocycles. The molecule has 0 spiro atoms. The summed E-state index contributed by atoms with van der Waals surface area (Å²) in [6, 6.07) is 5.56. The van der Waals surface area contributed by atoms with Gasteiger partial charge in [0.05, 0.1) is 11.8 Å². The summed E-state index contributed by atoms with van der Waals surface area (Å²) in [6.07, 6.45) is 4.87. The van der Waals surface area contributed by atoms with Gasteiger partial charge in [-0.2, -0.15) is 9.61 Å². The van der Waals surface area contributed by atoms with Crippen molar-refractivity contribution in [2.24, 2.45) is 0 Å². The molecule has 0 saturated heterocycles. The Balaban J connectivity index is 2.36. The molecule has 0 radical (unpaired) electrons. The van der Waals surface area contributed by atoms with Gasteiger partial charge >= 0.3 is 0 Å². The van der Waals surface area contributed by atoms with Crippen molar-refractivity contribution >= 4 is 5.65 Å². The Labute approximate surface area is 79.0 Å². The third-order valence-electron chi connectivity index (χ3n) is 1.99. The molecule has 0 amide bonds. The molecule has 68 valence electrons. The van der Waals surface area contributed by atoms with Gasteiger partial charge < -0.3 is 4.42 Å². The average Bonchev–Trinajstić information content (AvgIpc) is 2.88. The lowest BCUT2D eigenvalue weighted by Gasteiger charge is -1.96. The zero-order chi connectivity index (χ0) is 9.38. The summed E-state index contributed by atoms with van der Waals surface area (Å²) in [6.45, 7) is 0. The van der Waals surface area contributed by atoms with Crippen molar-refractivity contribution in [3.8, 4) is 11.3 Å². The van der Waals surface area contributed by atoms with Crippen LogP contribution in [0, 0.1) is 0 Å². The molecule has 0 fully saturated rings. The van der Waals surface area contributed by atoms with Crippen LogP contribution in [-0.4, -0.2) is 19.8 Å². The molecular weight excluding hydrogens is 180 g/mol. The van der Waals surface area contributed by atoms with E-state index in [1.54, 1.807) is 23.3 Å². The van der Waals surface area contributed by atoms with Crippen LogP contribution in [-0.2, 0) is 0 Å². The van der Waals surface area contributed by atoms with Crippen LogP contribution in [0.5, 0.6) is 0 Å². The van der Waals surface area contributed by atoms with Gasteiger partial charge in [0.15, 0.2) is 5.65 Å². The number of rotatable bonds is 1. The van der Waals surface area contributed by atoms with E-state index in [1.807, 2.05) is 18.2 Å². The predicted octanol–water partition coefficient (Wildman–Crippen LogP) is 1.38. The maximum absolute atomic E-state index is 5.29.